The highest BCUT2D eigenvalue weighted by Crippen LogP contribution is 2.39. The van der Waals surface area contributed by atoms with Gasteiger partial charge in [-0.25, -0.2) is 14.8 Å². The lowest BCUT2D eigenvalue weighted by Gasteiger charge is -2.11. The van der Waals surface area contributed by atoms with Gasteiger partial charge in [0.25, 0.3) is 0 Å². The lowest BCUT2D eigenvalue weighted by atomic mass is 10.2. The second-order valence-corrected chi connectivity index (χ2v) is 5.15. The van der Waals surface area contributed by atoms with Gasteiger partial charge in [0.2, 0.25) is 5.95 Å². The third-order valence-corrected chi connectivity index (χ3v) is 3.02. The van der Waals surface area contributed by atoms with Crippen molar-refractivity contribution in [2.45, 2.75) is 32.6 Å². The van der Waals surface area contributed by atoms with E-state index in [0.717, 1.165) is 24.2 Å². The van der Waals surface area contributed by atoms with Gasteiger partial charge in [-0.05, 0) is 31.7 Å². The van der Waals surface area contributed by atoms with Crippen LogP contribution in [0.3, 0.4) is 0 Å². The van der Waals surface area contributed by atoms with E-state index in [9.17, 15) is 4.79 Å². The standard InChI is InChI=1S/C13H20N4O2/c1-8(7-18)6-14-13(19)17-12-15-9(2)5-11(16-12)10-3-4-10/h5,8,10,18H,3-4,6-7H2,1-2H3,(H2,14,15,16,17,19). The number of nitrogens with one attached hydrogen (secondary N) is 2. The van der Waals surface area contributed by atoms with E-state index < -0.39 is 0 Å². The van der Waals surface area contributed by atoms with Crippen molar-refractivity contribution >= 4 is 12.0 Å². The minimum absolute atomic E-state index is 0.0335. The van der Waals surface area contributed by atoms with Crippen LogP contribution in [0.15, 0.2) is 6.07 Å². The zero-order valence-electron chi connectivity index (χ0n) is 11.3. The Balaban J connectivity index is 1.92. The van der Waals surface area contributed by atoms with E-state index in [-0.39, 0.29) is 18.6 Å². The minimum Gasteiger partial charge on any atom is -0.396 e. The van der Waals surface area contributed by atoms with Gasteiger partial charge in [0.05, 0.1) is 0 Å². The predicted molar refractivity (Wildman–Crippen MR) is 72.0 cm³/mol. The second kappa shape index (κ2) is 5.97. The van der Waals surface area contributed by atoms with E-state index in [4.69, 9.17) is 5.11 Å². The van der Waals surface area contributed by atoms with Crippen molar-refractivity contribution < 1.29 is 9.90 Å². The summed E-state index contributed by atoms with van der Waals surface area (Å²) in [5, 5.41) is 14.2. The molecule has 6 heteroatoms. The van der Waals surface area contributed by atoms with Crippen LogP contribution in [0.1, 0.15) is 37.1 Å². The summed E-state index contributed by atoms with van der Waals surface area (Å²) in [7, 11) is 0. The number of rotatable bonds is 5. The lowest BCUT2D eigenvalue weighted by Crippen LogP contribution is -2.33. The molecule has 2 rings (SSSR count). The number of anilines is 1. The van der Waals surface area contributed by atoms with Crippen molar-refractivity contribution in [2.75, 3.05) is 18.5 Å². The number of urea groups is 1. The number of aliphatic hydroxyl groups excluding tert-OH is 1. The van der Waals surface area contributed by atoms with Crippen LogP contribution in [0.25, 0.3) is 0 Å². The first kappa shape index (κ1) is 13.7. The molecule has 1 saturated carbocycles. The number of amides is 2. The van der Waals surface area contributed by atoms with E-state index in [1.165, 1.54) is 0 Å². The number of aryl methyl sites for hydroxylation is 1. The molecule has 1 fully saturated rings. The summed E-state index contributed by atoms with van der Waals surface area (Å²) in [5.41, 5.74) is 1.86. The molecule has 1 aromatic rings. The molecule has 3 N–H and O–H groups in total. The molecule has 1 aliphatic rings. The molecule has 104 valence electrons. The monoisotopic (exact) mass is 264 g/mol. The lowest BCUT2D eigenvalue weighted by molar-refractivity contribution is 0.227. The van der Waals surface area contributed by atoms with Crippen LogP contribution in [0, 0.1) is 12.8 Å². The Morgan fingerprint density at radius 2 is 2.26 bits per heavy atom. The highest BCUT2D eigenvalue weighted by molar-refractivity contribution is 5.87. The Morgan fingerprint density at radius 3 is 2.89 bits per heavy atom. The fourth-order valence-corrected chi connectivity index (χ4v) is 1.71. The van der Waals surface area contributed by atoms with Gasteiger partial charge < -0.3 is 10.4 Å². The molecule has 0 spiro atoms. The summed E-state index contributed by atoms with van der Waals surface area (Å²) in [6.45, 7) is 4.22. The van der Waals surface area contributed by atoms with E-state index in [1.54, 1.807) is 0 Å². The topological polar surface area (TPSA) is 87.1 Å². The van der Waals surface area contributed by atoms with Crippen molar-refractivity contribution in [1.82, 2.24) is 15.3 Å². The van der Waals surface area contributed by atoms with E-state index >= 15 is 0 Å². The van der Waals surface area contributed by atoms with Gasteiger partial charge in [-0.1, -0.05) is 6.92 Å². The zero-order chi connectivity index (χ0) is 13.8. The molecule has 1 aliphatic carbocycles. The van der Waals surface area contributed by atoms with Gasteiger partial charge in [-0.3, -0.25) is 5.32 Å². The first-order chi connectivity index (χ1) is 9.08. The van der Waals surface area contributed by atoms with E-state index in [0.29, 0.717) is 18.4 Å². The van der Waals surface area contributed by atoms with E-state index in [1.807, 2.05) is 19.9 Å². The van der Waals surface area contributed by atoms with Crippen LogP contribution in [-0.4, -0.2) is 34.3 Å². The first-order valence-corrected chi connectivity index (χ1v) is 6.59. The summed E-state index contributed by atoms with van der Waals surface area (Å²) in [6, 6.07) is 1.63. The molecule has 1 aromatic heterocycles. The summed E-state index contributed by atoms with van der Waals surface area (Å²) in [6.07, 6.45) is 2.33. The van der Waals surface area contributed by atoms with Crippen LogP contribution >= 0.6 is 0 Å². The van der Waals surface area contributed by atoms with Crippen molar-refractivity contribution in [3.63, 3.8) is 0 Å². The van der Waals surface area contributed by atoms with Crippen molar-refractivity contribution in [2.24, 2.45) is 5.92 Å². The van der Waals surface area contributed by atoms with Crippen LogP contribution in [0.5, 0.6) is 0 Å². The fourth-order valence-electron chi connectivity index (χ4n) is 1.71. The smallest absolute Gasteiger partial charge is 0.321 e. The molecule has 0 aromatic carbocycles. The van der Waals surface area contributed by atoms with Crippen molar-refractivity contribution in [3.05, 3.63) is 17.5 Å². The molecular weight excluding hydrogens is 244 g/mol. The minimum atomic E-state index is -0.340. The van der Waals surface area contributed by atoms with Gasteiger partial charge in [-0.15, -0.1) is 0 Å². The number of hydrogen-bond acceptors (Lipinski definition) is 4. The first-order valence-electron chi connectivity index (χ1n) is 6.59. The molecule has 0 bridgehead atoms. The number of carbonyl (C=O) groups is 1. The maximum Gasteiger partial charge on any atom is 0.321 e. The van der Waals surface area contributed by atoms with Gasteiger partial charge in [0, 0.05) is 30.5 Å². The van der Waals surface area contributed by atoms with Crippen LogP contribution in [-0.2, 0) is 0 Å². The summed E-state index contributed by atoms with van der Waals surface area (Å²) >= 11 is 0. The van der Waals surface area contributed by atoms with E-state index in [2.05, 4.69) is 20.6 Å². The molecule has 1 atom stereocenters. The second-order valence-electron chi connectivity index (χ2n) is 5.15. The van der Waals surface area contributed by atoms with Gasteiger partial charge in [-0.2, -0.15) is 0 Å². The van der Waals surface area contributed by atoms with Gasteiger partial charge >= 0.3 is 6.03 Å². The maximum atomic E-state index is 11.7. The predicted octanol–water partition coefficient (Wildman–Crippen LogP) is 1.41. The normalized spacial score (nSPS) is 15.9. The van der Waals surface area contributed by atoms with Gasteiger partial charge in [0.15, 0.2) is 0 Å². The average Bonchev–Trinajstić information content (AvgIpc) is 3.19. The third-order valence-electron chi connectivity index (χ3n) is 3.02. The molecule has 6 nitrogen and oxygen atoms in total. The number of aromatic nitrogens is 2. The Hall–Kier alpha value is -1.69. The third kappa shape index (κ3) is 4.17. The molecule has 19 heavy (non-hydrogen) atoms. The molecule has 2 amide bonds. The van der Waals surface area contributed by atoms with Crippen LogP contribution < -0.4 is 10.6 Å². The Kier molecular flexibility index (Phi) is 4.31. The molecule has 0 radical (unpaired) electrons. The van der Waals surface area contributed by atoms with Crippen molar-refractivity contribution in [3.8, 4) is 0 Å². The SMILES string of the molecule is Cc1cc(C2CC2)nc(NC(=O)NCC(C)CO)n1. The maximum absolute atomic E-state index is 11.7. The number of aliphatic hydroxyl groups is 1. The highest BCUT2D eigenvalue weighted by atomic mass is 16.3. The zero-order valence-corrected chi connectivity index (χ0v) is 11.3. The molecule has 0 saturated heterocycles. The average molecular weight is 264 g/mol. The summed E-state index contributed by atoms with van der Waals surface area (Å²) in [4.78, 5) is 20.2. The van der Waals surface area contributed by atoms with Crippen molar-refractivity contribution in [1.29, 1.82) is 0 Å². The molecule has 1 heterocycles. The Labute approximate surface area is 112 Å². The molecule has 0 aliphatic heterocycles. The van der Waals surface area contributed by atoms with Crippen LogP contribution in [0.4, 0.5) is 10.7 Å². The highest BCUT2D eigenvalue weighted by Gasteiger charge is 2.25. The summed E-state index contributed by atoms with van der Waals surface area (Å²) in [5.74, 6) is 0.905. The van der Waals surface area contributed by atoms with Crippen LogP contribution in [0.2, 0.25) is 0 Å². The number of hydrogen-bond donors (Lipinski definition) is 3. The number of carbonyl (C=O) groups excluding carboxylic acids is 1. The Bertz CT molecular complexity index is 460. The fraction of sp³-hybridized carbons (Fsp3) is 0.615. The molecule has 1 unspecified atom stereocenters. The number of nitrogens with zero attached hydrogens (tertiary/aromatic N) is 2. The quantitative estimate of drug-likeness (QED) is 0.750. The molecular formula is C13H20N4O2. The largest absolute Gasteiger partial charge is 0.396 e. The van der Waals surface area contributed by atoms with Gasteiger partial charge in [0.1, 0.15) is 0 Å². The Morgan fingerprint density at radius 1 is 1.53 bits per heavy atom. The summed E-state index contributed by atoms with van der Waals surface area (Å²) < 4.78 is 0.